The molecular weight excluding hydrogens is 232 g/mol. The standard InChI is InChI=1S/C12H14N4O2/c1-15(2)6-4-9-5-7-16-11(14-9)10(8-13-16)12(17)18-3/h4-8H,1-3H3/b6-4+. The van der Waals surface area contributed by atoms with Gasteiger partial charge in [0.2, 0.25) is 0 Å². The first kappa shape index (κ1) is 12.1. The average molecular weight is 246 g/mol. The van der Waals surface area contributed by atoms with E-state index in [1.54, 1.807) is 10.7 Å². The summed E-state index contributed by atoms with van der Waals surface area (Å²) in [5, 5.41) is 4.04. The summed E-state index contributed by atoms with van der Waals surface area (Å²) in [5.41, 5.74) is 1.60. The zero-order valence-corrected chi connectivity index (χ0v) is 10.5. The number of ether oxygens (including phenoxy) is 1. The molecule has 0 aromatic carbocycles. The Bertz CT molecular complexity index is 601. The largest absolute Gasteiger partial charge is 0.465 e. The molecule has 0 amide bonds. The van der Waals surface area contributed by atoms with Gasteiger partial charge in [0.15, 0.2) is 5.65 Å². The number of nitrogens with zero attached hydrogens (tertiary/aromatic N) is 4. The number of fused-ring (bicyclic) bond motifs is 1. The second-order valence-corrected chi connectivity index (χ2v) is 3.95. The maximum Gasteiger partial charge on any atom is 0.343 e. The molecule has 0 atom stereocenters. The third kappa shape index (κ3) is 2.32. The molecule has 0 unspecified atom stereocenters. The van der Waals surface area contributed by atoms with Crippen molar-refractivity contribution in [3.8, 4) is 0 Å². The summed E-state index contributed by atoms with van der Waals surface area (Å²) >= 11 is 0. The van der Waals surface area contributed by atoms with Gasteiger partial charge in [0, 0.05) is 26.5 Å². The van der Waals surface area contributed by atoms with Crippen molar-refractivity contribution in [2.45, 2.75) is 0 Å². The molecular formula is C12H14N4O2. The van der Waals surface area contributed by atoms with Crippen LogP contribution in [0.1, 0.15) is 16.1 Å². The fraction of sp³-hybridized carbons (Fsp3) is 0.250. The van der Waals surface area contributed by atoms with Crippen molar-refractivity contribution < 1.29 is 9.53 Å². The topological polar surface area (TPSA) is 59.7 Å². The summed E-state index contributed by atoms with van der Waals surface area (Å²) in [4.78, 5) is 17.8. The number of hydrogen-bond donors (Lipinski definition) is 0. The van der Waals surface area contributed by atoms with Gasteiger partial charge in [0.1, 0.15) is 5.56 Å². The molecule has 6 nitrogen and oxygen atoms in total. The van der Waals surface area contributed by atoms with E-state index >= 15 is 0 Å². The van der Waals surface area contributed by atoms with Crippen molar-refractivity contribution in [1.29, 1.82) is 0 Å². The smallest absolute Gasteiger partial charge is 0.343 e. The first-order valence-corrected chi connectivity index (χ1v) is 5.39. The fourth-order valence-corrected chi connectivity index (χ4v) is 1.46. The van der Waals surface area contributed by atoms with Crippen LogP contribution in [0.25, 0.3) is 11.7 Å². The van der Waals surface area contributed by atoms with E-state index in [1.165, 1.54) is 13.3 Å². The minimum Gasteiger partial charge on any atom is -0.465 e. The highest BCUT2D eigenvalue weighted by molar-refractivity contribution is 5.95. The second kappa shape index (κ2) is 4.87. The van der Waals surface area contributed by atoms with Crippen LogP contribution in [0.2, 0.25) is 0 Å². The molecule has 2 aromatic heterocycles. The average Bonchev–Trinajstić information content (AvgIpc) is 2.78. The van der Waals surface area contributed by atoms with E-state index in [1.807, 2.05) is 37.3 Å². The summed E-state index contributed by atoms with van der Waals surface area (Å²) in [7, 11) is 5.18. The fourth-order valence-electron chi connectivity index (χ4n) is 1.46. The molecule has 0 spiro atoms. The summed E-state index contributed by atoms with van der Waals surface area (Å²) in [6.07, 6.45) is 6.94. The summed E-state index contributed by atoms with van der Waals surface area (Å²) in [6, 6.07) is 1.82. The molecule has 0 radical (unpaired) electrons. The zero-order chi connectivity index (χ0) is 13.1. The molecule has 18 heavy (non-hydrogen) atoms. The molecule has 0 bridgehead atoms. The van der Waals surface area contributed by atoms with Crippen molar-refractivity contribution >= 4 is 17.7 Å². The van der Waals surface area contributed by atoms with E-state index in [9.17, 15) is 4.79 Å². The van der Waals surface area contributed by atoms with Crippen LogP contribution in [0.15, 0.2) is 24.7 Å². The Kier molecular flexibility index (Phi) is 3.27. The van der Waals surface area contributed by atoms with E-state index in [4.69, 9.17) is 0 Å². The molecule has 2 rings (SSSR count). The third-order valence-electron chi connectivity index (χ3n) is 2.34. The predicted octanol–water partition coefficient (Wildman–Crippen LogP) is 1.05. The van der Waals surface area contributed by atoms with Gasteiger partial charge < -0.3 is 9.64 Å². The van der Waals surface area contributed by atoms with Crippen molar-refractivity contribution in [3.63, 3.8) is 0 Å². The number of carbonyl (C=O) groups is 1. The lowest BCUT2D eigenvalue weighted by molar-refractivity contribution is 0.0602. The Labute approximate surface area is 104 Å². The van der Waals surface area contributed by atoms with Crippen LogP contribution in [0.5, 0.6) is 0 Å². The molecule has 94 valence electrons. The first-order valence-electron chi connectivity index (χ1n) is 5.39. The van der Waals surface area contributed by atoms with Gasteiger partial charge in [-0.05, 0) is 12.1 Å². The van der Waals surface area contributed by atoms with Crippen LogP contribution in [-0.4, -0.2) is 46.7 Å². The predicted molar refractivity (Wildman–Crippen MR) is 67.0 cm³/mol. The van der Waals surface area contributed by atoms with Gasteiger partial charge in [-0.15, -0.1) is 0 Å². The zero-order valence-electron chi connectivity index (χ0n) is 10.5. The van der Waals surface area contributed by atoms with Crippen LogP contribution < -0.4 is 0 Å². The minimum atomic E-state index is -0.439. The van der Waals surface area contributed by atoms with Gasteiger partial charge in [-0.2, -0.15) is 5.10 Å². The highest BCUT2D eigenvalue weighted by Gasteiger charge is 2.14. The molecule has 0 fully saturated rings. The van der Waals surface area contributed by atoms with E-state index in [-0.39, 0.29) is 0 Å². The third-order valence-corrected chi connectivity index (χ3v) is 2.34. The van der Waals surface area contributed by atoms with Crippen LogP contribution >= 0.6 is 0 Å². The van der Waals surface area contributed by atoms with Gasteiger partial charge >= 0.3 is 5.97 Å². The molecule has 0 N–H and O–H groups in total. The Morgan fingerprint density at radius 3 is 2.94 bits per heavy atom. The second-order valence-electron chi connectivity index (χ2n) is 3.95. The quantitative estimate of drug-likeness (QED) is 0.757. The maximum absolute atomic E-state index is 11.5. The van der Waals surface area contributed by atoms with Crippen molar-refractivity contribution in [2.75, 3.05) is 21.2 Å². The highest BCUT2D eigenvalue weighted by atomic mass is 16.5. The van der Waals surface area contributed by atoms with Crippen LogP contribution in [0.3, 0.4) is 0 Å². The molecule has 6 heteroatoms. The number of hydrogen-bond acceptors (Lipinski definition) is 5. The van der Waals surface area contributed by atoms with Crippen LogP contribution in [0, 0.1) is 0 Å². The van der Waals surface area contributed by atoms with E-state index in [0.29, 0.717) is 11.2 Å². The number of methoxy groups -OCH3 is 1. The SMILES string of the molecule is COC(=O)c1cnn2ccc(/C=C/N(C)C)nc12. The summed E-state index contributed by atoms with van der Waals surface area (Å²) < 4.78 is 6.22. The van der Waals surface area contributed by atoms with Gasteiger partial charge in [-0.25, -0.2) is 14.3 Å². The number of rotatable bonds is 3. The number of aromatic nitrogens is 3. The molecule has 2 aromatic rings. The first-order chi connectivity index (χ1) is 8.61. The Morgan fingerprint density at radius 2 is 2.28 bits per heavy atom. The Morgan fingerprint density at radius 1 is 1.50 bits per heavy atom. The molecule has 0 aliphatic carbocycles. The monoisotopic (exact) mass is 246 g/mol. The van der Waals surface area contributed by atoms with Crippen molar-refractivity contribution in [2.24, 2.45) is 0 Å². The molecule has 0 aliphatic rings. The highest BCUT2D eigenvalue weighted by Crippen LogP contribution is 2.10. The van der Waals surface area contributed by atoms with E-state index < -0.39 is 5.97 Å². The van der Waals surface area contributed by atoms with Gasteiger partial charge in [-0.3, -0.25) is 0 Å². The number of esters is 1. The van der Waals surface area contributed by atoms with Gasteiger partial charge in [0.25, 0.3) is 0 Å². The number of carbonyl (C=O) groups excluding carboxylic acids is 1. The lowest BCUT2D eigenvalue weighted by Gasteiger charge is -2.03. The van der Waals surface area contributed by atoms with Crippen LogP contribution in [-0.2, 0) is 4.74 Å². The molecule has 0 saturated heterocycles. The van der Waals surface area contributed by atoms with Crippen molar-refractivity contribution in [3.05, 3.63) is 35.9 Å². The van der Waals surface area contributed by atoms with E-state index in [0.717, 1.165) is 5.69 Å². The summed E-state index contributed by atoms with van der Waals surface area (Å²) in [6.45, 7) is 0. The lowest BCUT2D eigenvalue weighted by Crippen LogP contribution is -2.03. The molecule has 0 saturated carbocycles. The Balaban J connectivity index is 2.45. The van der Waals surface area contributed by atoms with E-state index in [2.05, 4.69) is 14.8 Å². The molecule has 0 aliphatic heterocycles. The summed E-state index contributed by atoms with van der Waals surface area (Å²) in [5.74, 6) is -0.439. The lowest BCUT2D eigenvalue weighted by atomic mass is 10.3. The van der Waals surface area contributed by atoms with Gasteiger partial charge in [0.05, 0.1) is 19.0 Å². The van der Waals surface area contributed by atoms with Gasteiger partial charge in [-0.1, -0.05) is 0 Å². The maximum atomic E-state index is 11.5. The van der Waals surface area contributed by atoms with Crippen molar-refractivity contribution in [1.82, 2.24) is 19.5 Å². The molecule has 2 heterocycles. The Hall–Kier alpha value is -2.37. The normalized spacial score (nSPS) is 11.1. The minimum absolute atomic E-state index is 0.359. The van der Waals surface area contributed by atoms with Crippen LogP contribution in [0.4, 0.5) is 0 Å².